The van der Waals surface area contributed by atoms with Crippen LogP contribution in [-0.2, 0) is 4.43 Å². The lowest BCUT2D eigenvalue weighted by Crippen LogP contribution is -2.46. The summed E-state index contributed by atoms with van der Waals surface area (Å²) in [6.45, 7) is 16.5. The summed E-state index contributed by atoms with van der Waals surface area (Å²) in [6, 6.07) is 0. The van der Waals surface area contributed by atoms with Crippen LogP contribution in [0.15, 0.2) is 11.1 Å². The first kappa shape index (κ1) is 15.4. The highest BCUT2D eigenvalue weighted by atomic mass is 79.9. The maximum absolute atomic E-state index is 9.77. The van der Waals surface area contributed by atoms with Crippen molar-refractivity contribution in [3.63, 3.8) is 0 Å². The summed E-state index contributed by atoms with van der Waals surface area (Å²) in [7, 11) is -1.80. The lowest BCUT2D eigenvalue weighted by atomic mass is 10.2. The van der Waals surface area contributed by atoms with Crippen LogP contribution in [-0.4, -0.2) is 25.6 Å². The first-order valence-corrected chi connectivity index (χ1v) is 8.89. The molecule has 0 spiro atoms. The van der Waals surface area contributed by atoms with Crippen LogP contribution >= 0.6 is 15.9 Å². The standard InChI is InChI=1S/C11H23BrO2Si/c1-8(12)10(13)9(2)14-15(6,7)11(3,4)5/h9-10,13H,1H2,2-7H3/t9-,10+/m1/s1. The van der Waals surface area contributed by atoms with Crippen molar-refractivity contribution in [1.82, 2.24) is 0 Å². The number of aliphatic hydroxyl groups is 1. The van der Waals surface area contributed by atoms with Gasteiger partial charge >= 0.3 is 0 Å². The van der Waals surface area contributed by atoms with E-state index in [9.17, 15) is 5.11 Å². The number of halogens is 1. The van der Waals surface area contributed by atoms with Gasteiger partial charge in [-0.1, -0.05) is 43.3 Å². The van der Waals surface area contributed by atoms with Crippen LogP contribution in [0.3, 0.4) is 0 Å². The lowest BCUT2D eigenvalue weighted by molar-refractivity contribution is 0.0677. The highest BCUT2D eigenvalue weighted by molar-refractivity contribution is 9.11. The summed E-state index contributed by atoms with van der Waals surface area (Å²) >= 11 is 3.19. The van der Waals surface area contributed by atoms with Crippen LogP contribution in [0.1, 0.15) is 27.7 Å². The van der Waals surface area contributed by atoms with Gasteiger partial charge in [0.05, 0.1) is 6.10 Å². The maximum Gasteiger partial charge on any atom is 0.192 e. The molecule has 0 saturated heterocycles. The van der Waals surface area contributed by atoms with E-state index in [0.29, 0.717) is 4.48 Å². The second-order valence-electron chi connectivity index (χ2n) is 5.47. The number of aliphatic hydroxyl groups excluding tert-OH is 1. The van der Waals surface area contributed by atoms with Gasteiger partial charge in [0.25, 0.3) is 0 Å². The molecule has 2 atom stereocenters. The van der Waals surface area contributed by atoms with E-state index in [0.717, 1.165) is 0 Å². The van der Waals surface area contributed by atoms with Crippen molar-refractivity contribution in [2.75, 3.05) is 0 Å². The van der Waals surface area contributed by atoms with Crippen molar-refractivity contribution < 1.29 is 9.53 Å². The highest BCUT2D eigenvalue weighted by Crippen LogP contribution is 2.37. The minimum absolute atomic E-state index is 0.161. The first-order chi connectivity index (χ1) is 6.49. The second-order valence-corrected chi connectivity index (χ2v) is 11.2. The minimum Gasteiger partial charge on any atom is -0.411 e. The van der Waals surface area contributed by atoms with Crippen LogP contribution in [0.4, 0.5) is 0 Å². The maximum atomic E-state index is 9.77. The molecule has 15 heavy (non-hydrogen) atoms. The van der Waals surface area contributed by atoms with E-state index in [1.807, 2.05) is 6.92 Å². The summed E-state index contributed by atoms with van der Waals surface area (Å²) in [6.07, 6.45) is -0.850. The van der Waals surface area contributed by atoms with Crippen LogP contribution in [0.2, 0.25) is 18.1 Å². The van der Waals surface area contributed by atoms with E-state index in [2.05, 4.69) is 56.4 Å². The van der Waals surface area contributed by atoms with Gasteiger partial charge in [-0.05, 0) is 25.1 Å². The summed E-state index contributed by atoms with van der Waals surface area (Å²) in [5.74, 6) is 0. The Labute approximate surface area is 103 Å². The van der Waals surface area contributed by atoms with Crippen LogP contribution in [0.25, 0.3) is 0 Å². The topological polar surface area (TPSA) is 29.5 Å². The molecule has 0 aromatic rings. The summed E-state index contributed by atoms with van der Waals surface area (Å²) in [4.78, 5) is 0. The number of hydrogen-bond acceptors (Lipinski definition) is 2. The fourth-order valence-electron chi connectivity index (χ4n) is 0.961. The second kappa shape index (κ2) is 5.12. The van der Waals surface area contributed by atoms with Crippen LogP contribution in [0, 0.1) is 0 Å². The van der Waals surface area contributed by atoms with Crippen molar-refractivity contribution >= 4 is 24.2 Å². The Balaban J connectivity index is 4.54. The van der Waals surface area contributed by atoms with Crippen LogP contribution < -0.4 is 0 Å². The van der Waals surface area contributed by atoms with E-state index in [-0.39, 0.29) is 11.1 Å². The molecule has 0 aliphatic rings. The van der Waals surface area contributed by atoms with Gasteiger partial charge in [-0.15, -0.1) is 0 Å². The predicted octanol–water partition coefficient (Wildman–Crippen LogP) is 3.67. The molecule has 0 aliphatic heterocycles. The average molecular weight is 295 g/mol. The molecule has 2 nitrogen and oxygen atoms in total. The zero-order valence-corrected chi connectivity index (χ0v) is 13.2. The smallest absolute Gasteiger partial charge is 0.192 e. The third kappa shape index (κ3) is 4.39. The Morgan fingerprint density at radius 1 is 1.40 bits per heavy atom. The number of hydrogen-bond donors (Lipinski definition) is 1. The minimum atomic E-state index is -1.80. The predicted molar refractivity (Wildman–Crippen MR) is 71.8 cm³/mol. The van der Waals surface area contributed by atoms with Gasteiger partial charge in [-0.2, -0.15) is 0 Å². The molecular weight excluding hydrogens is 272 g/mol. The molecule has 0 aromatic heterocycles. The molecule has 0 aromatic carbocycles. The Hall–Kier alpha value is 0.357. The van der Waals surface area contributed by atoms with Gasteiger partial charge < -0.3 is 9.53 Å². The molecule has 0 aliphatic carbocycles. The first-order valence-electron chi connectivity index (χ1n) is 5.19. The SMILES string of the molecule is C=C(Br)[C@H](O)[C@@H](C)O[Si](C)(C)C(C)(C)C. The fraction of sp³-hybridized carbons (Fsp3) is 0.818. The Morgan fingerprint density at radius 3 is 2.07 bits per heavy atom. The monoisotopic (exact) mass is 294 g/mol. The van der Waals surface area contributed by atoms with Crippen molar-refractivity contribution in [3.8, 4) is 0 Å². The van der Waals surface area contributed by atoms with E-state index in [1.165, 1.54) is 0 Å². The largest absolute Gasteiger partial charge is 0.411 e. The average Bonchev–Trinajstić information content (AvgIpc) is 1.99. The van der Waals surface area contributed by atoms with Gasteiger partial charge in [-0.3, -0.25) is 0 Å². The van der Waals surface area contributed by atoms with Gasteiger partial charge in [0.15, 0.2) is 8.32 Å². The molecule has 0 fully saturated rings. The van der Waals surface area contributed by atoms with Gasteiger partial charge in [0.2, 0.25) is 0 Å². The summed E-state index contributed by atoms with van der Waals surface area (Å²) < 4.78 is 6.60. The molecule has 0 bridgehead atoms. The molecule has 4 heteroatoms. The quantitative estimate of drug-likeness (QED) is 0.802. The summed E-state index contributed by atoms with van der Waals surface area (Å²) in [5.41, 5.74) is 0. The third-order valence-electron chi connectivity index (χ3n) is 3.05. The highest BCUT2D eigenvalue weighted by Gasteiger charge is 2.39. The Bertz CT molecular complexity index is 233. The summed E-state index contributed by atoms with van der Waals surface area (Å²) in [5, 5.41) is 9.94. The normalized spacial score (nSPS) is 17.3. The third-order valence-corrected chi connectivity index (χ3v) is 8.09. The molecule has 0 radical (unpaired) electrons. The van der Waals surface area contributed by atoms with Gasteiger partial charge in [-0.25, -0.2) is 0 Å². The molecule has 90 valence electrons. The van der Waals surface area contributed by atoms with E-state index < -0.39 is 14.4 Å². The molecule has 0 heterocycles. The number of rotatable bonds is 4. The van der Waals surface area contributed by atoms with E-state index in [4.69, 9.17) is 4.43 Å². The molecule has 0 rings (SSSR count). The molecule has 1 N–H and O–H groups in total. The molecule has 0 amide bonds. The van der Waals surface area contributed by atoms with Gasteiger partial charge in [0, 0.05) is 4.48 Å². The van der Waals surface area contributed by atoms with E-state index in [1.54, 1.807) is 0 Å². The van der Waals surface area contributed by atoms with Crippen molar-refractivity contribution in [3.05, 3.63) is 11.1 Å². The molecule has 0 saturated carbocycles. The van der Waals surface area contributed by atoms with Crippen molar-refractivity contribution in [2.45, 2.75) is 58.0 Å². The lowest BCUT2D eigenvalue weighted by Gasteiger charge is -2.39. The van der Waals surface area contributed by atoms with Crippen LogP contribution in [0.5, 0.6) is 0 Å². The Morgan fingerprint density at radius 2 is 1.80 bits per heavy atom. The Kier molecular flexibility index (Phi) is 5.25. The fourth-order valence-corrected chi connectivity index (χ4v) is 2.74. The zero-order chi connectivity index (χ0) is 12.4. The zero-order valence-electron chi connectivity index (χ0n) is 10.6. The van der Waals surface area contributed by atoms with Crippen molar-refractivity contribution in [1.29, 1.82) is 0 Å². The van der Waals surface area contributed by atoms with E-state index >= 15 is 0 Å². The van der Waals surface area contributed by atoms with Crippen molar-refractivity contribution in [2.24, 2.45) is 0 Å². The molecular formula is C11H23BrO2Si. The van der Waals surface area contributed by atoms with Gasteiger partial charge in [0.1, 0.15) is 6.10 Å². The molecule has 0 unspecified atom stereocenters.